The average Bonchev–Trinajstić information content (AvgIpc) is 2.77. The van der Waals surface area contributed by atoms with Crippen LogP contribution in [0.1, 0.15) is 64.1 Å². The van der Waals surface area contributed by atoms with Crippen molar-refractivity contribution in [3.05, 3.63) is 69.5 Å². The first-order chi connectivity index (χ1) is 16.3. The fourth-order valence-electron chi connectivity index (χ4n) is 4.48. The number of likely N-dealkylation sites (tertiary alicyclic amines) is 1. The summed E-state index contributed by atoms with van der Waals surface area (Å²) in [6.07, 6.45) is 1.000. The van der Waals surface area contributed by atoms with Gasteiger partial charge in [0, 0.05) is 42.0 Å². The van der Waals surface area contributed by atoms with Gasteiger partial charge < -0.3 is 14.5 Å². The highest BCUT2D eigenvalue weighted by Gasteiger charge is 2.41. The van der Waals surface area contributed by atoms with Crippen LogP contribution in [0.5, 0.6) is 0 Å². The molecule has 0 aromatic heterocycles. The average molecular weight is 523 g/mol. The number of halogens is 3. The SMILES string of the molecule is CC(c1cc(Cl)cc(Cl)c1)N(C)C(=O)CC1(c2ccc(F)cc2)CCN(C(=O)OC(C)(C)C)CC1. The Labute approximate surface area is 217 Å². The molecular weight excluding hydrogens is 490 g/mol. The Morgan fingerprint density at radius 1 is 1.09 bits per heavy atom. The first-order valence-electron chi connectivity index (χ1n) is 11.8. The summed E-state index contributed by atoms with van der Waals surface area (Å²) in [5, 5.41) is 1.02. The zero-order valence-corrected chi connectivity index (χ0v) is 22.4. The Hall–Kier alpha value is -2.31. The lowest BCUT2D eigenvalue weighted by Gasteiger charge is -2.43. The molecule has 0 aliphatic carbocycles. The van der Waals surface area contributed by atoms with Gasteiger partial charge >= 0.3 is 6.09 Å². The first-order valence-corrected chi connectivity index (χ1v) is 12.5. The zero-order valence-electron chi connectivity index (χ0n) is 20.9. The molecule has 0 saturated carbocycles. The zero-order chi connectivity index (χ0) is 26.0. The van der Waals surface area contributed by atoms with Crippen molar-refractivity contribution in [1.29, 1.82) is 0 Å². The standard InChI is InChI=1S/C27H33Cl2FN2O3/c1-18(19-14-21(28)16-22(29)15-19)31(5)24(33)17-27(20-6-8-23(30)9-7-20)10-12-32(13-11-27)25(34)35-26(2,3)4/h6-9,14-16,18H,10-13,17H2,1-5H3. The van der Waals surface area contributed by atoms with Crippen LogP contribution in [-0.4, -0.2) is 47.5 Å². The molecule has 1 aliphatic rings. The molecule has 2 aromatic rings. The van der Waals surface area contributed by atoms with Crippen molar-refractivity contribution >= 4 is 35.2 Å². The highest BCUT2D eigenvalue weighted by molar-refractivity contribution is 6.34. The molecule has 0 N–H and O–H groups in total. The van der Waals surface area contributed by atoms with Crippen molar-refractivity contribution in [3.8, 4) is 0 Å². The van der Waals surface area contributed by atoms with Crippen molar-refractivity contribution in [2.24, 2.45) is 0 Å². The van der Waals surface area contributed by atoms with Crippen LogP contribution in [-0.2, 0) is 14.9 Å². The molecular formula is C27H33Cl2FN2O3. The quantitative estimate of drug-likeness (QED) is 0.424. The summed E-state index contributed by atoms with van der Waals surface area (Å²) in [6.45, 7) is 8.32. The maximum atomic E-state index is 13.7. The smallest absolute Gasteiger partial charge is 0.410 e. The van der Waals surface area contributed by atoms with Gasteiger partial charge in [0.1, 0.15) is 11.4 Å². The van der Waals surface area contributed by atoms with Crippen LogP contribution in [0.3, 0.4) is 0 Å². The van der Waals surface area contributed by atoms with Crippen LogP contribution in [0.4, 0.5) is 9.18 Å². The maximum Gasteiger partial charge on any atom is 0.410 e. The number of amides is 2. The molecule has 2 aromatic carbocycles. The van der Waals surface area contributed by atoms with E-state index in [4.69, 9.17) is 27.9 Å². The van der Waals surface area contributed by atoms with Gasteiger partial charge in [-0.2, -0.15) is 0 Å². The topological polar surface area (TPSA) is 49.9 Å². The Bertz CT molecular complexity index is 1040. The normalized spacial score (nSPS) is 16.5. The van der Waals surface area contributed by atoms with Gasteiger partial charge in [0.05, 0.1) is 6.04 Å². The second-order valence-corrected chi connectivity index (χ2v) is 11.2. The van der Waals surface area contributed by atoms with E-state index in [1.54, 1.807) is 47.2 Å². The van der Waals surface area contributed by atoms with Crippen molar-refractivity contribution in [2.75, 3.05) is 20.1 Å². The van der Waals surface area contributed by atoms with Crippen LogP contribution >= 0.6 is 23.2 Å². The van der Waals surface area contributed by atoms with Crippen LogP contribution in [0.25, 0.3) is 0 Å². The number of rotatable bonds is 5. The van der Waals surface area contributed by atoms with Gasteiger partial charge in [-0.05, 0) is 82.0 Å². The number of carbonyl (C=O) groups is 2. The summed E-state index contributed by atoms with van der Waals surface area (Å²) >= 11 is 12.3. The van der Waals surface area contributed by atoms with Crippen LogP contribution in [0.2, 0.25) is 10.0 Å². The third kappa shape index (κ3) is 6.89. The summed E-state index contributed by atoms with van der Waals surface area (Å²) in [5.74, 6) is -0.381. The highest BCUT2D eigenvalue weighted by atomic mass is 35.5. The minimum Gasteiger partial charge on any atom is -0.444 e. The summed E-state index contributed by atoms with van der Waals surface area (Å²) in [7, 11) is 1.76. The second kappa shape index (κ2) is 10.8. The van der Waals surface area contributed by atoms with Gasteiger partial charge in [0.15, 0.2) is 0 Å². The van der Waals surface area contributed by atoms with Crippen LogP contribution in [0, 0.1) is 5.82 Å². The summed E-state index contributed by atoms with van der Waals surface area (Å²) in [6, 6.07) is 11.3. The molecule has 8 heteroatoms. The first kappa shape index (κ1) is 27.3. The third-order valence-corrected chi connectivity index (χ3v) is 7.10. The Balaban J connectivity index is 1.81. The van der Waals surface area contributed by atoms with E-state index in [9.17, 15) is 14.0 Å². The number of benzene rings is 2. The van der Waals surface area contributed by atoms with Crippen LogP contribution < -0.4 is 0 Å². The number of hydrogen-bond acceptors (Lipinski definition) is 3. The lowest BCUT2D eigenvalue weighted by molar-refractivity contribution is -0.133. The second-order valence-electron chi connectivity index (χ2n) is 10.3. The van der Waals surface area contributed by atoms with Gasteiger partial charge in [-0.3, -0.25) is 4.79 Å². The minimum atomic E-state index is -0.583. The van der Waals surface area contributed by atoms with Crippen LogP contribution in [0.15, 0.2) is 42.5 Å². The number of carbonyl (C=O) groups excluding carboxylic acids is 2. The van der Waals surface area contributed by atoms with E-state index in [1.165, 1.54) is 12.1 Å². The molecule has 1 aliphatic heterocycles. The van der Waals surface area contributed by atoms with E-state index >= 15 is 0 Å². The molecule has 0 spiro atoms. The summed E-state index contributed by atoms with van der Waals surface area (Å²) in [4.78, 5) is 29.5. The van der Waals surface area contributed by atoms with E-state index in [0.29, 0.717) is 36.0 Å². The molecule has 3 rings (SSSR count). The molecule has 35 heavy (non-hydrogen) atoms. The predicted molar refractivity (Wildman–Crippen MR) is 137 cm³/mol. The predicted octanol–water partition coefficient (Wildman–Crippen LogP) is 7.01. The van der Waals surface area contributed by atoms with E-state index in [1.807, 2.05) is 27.7 Å². The lowest BCUT2D eigenvalue weighted by atomic mass is 9.70. The molecule has 1 fully saturated rings. The van der Waals surface area contributed by atoms with Gasteiger partial charge in [0.2, 0.25) is 5.91 Å². The van der Waals surface area contributed by atoms with Gasteiger partial charge in [-0.1, -0.05) is 35.3 Å². The van der Waals surface area contributed by atoms with Crippen molar-refractivity contribution in [3.63, 3.8) is 0 Å². The monoisotopic (exact) mass is 522 g/mol. The third-order valence-electron chi connectivity index (χ3n) is 6.66. The summed E-state index contributed by atoms with van der Waals surface area (Å²) < 4.78 is 19.2. The highest BCUT2D eigenvalue weighted by Crippen LogP contribution is 2.40. The largest absolute Gasteiger partial charge is 0.444 e. The van der Waals surface area contributed by atoms with Crippen molar-refractivity contribution in [2.45, 2.75) is 64.0 Å². The molecule has 0 bridgehead atoms. The molecule has 1 unspecified atom stereocenters. The maximum absolute atomic E-state index is 13.7. The minimum absolute atomic E-state index is 0.0522. The van der Waals surface area contributed by atoms with E-state index in [-0.39, 0.29) is 30.3 Å². The molecule has 1 atom stereocenters. The molecule has 2 amide bonds. The lowest BCUT2D eigenvalue weighted by Crippen LogP contribution is -2.48. The van der Waals surface area contributed by atoms with Crippen molar-refractivity contribution < 1.29 is 18.7 Å². The van der Waals surface area contributed by atoms with E-state index in [0.717, 1.165) is 11.1 Å². The molecule has 0 radical (unpaired) electrons. The molecule has 1 saturated heterocycles. The molecule has 5 nitrogen and oxygen atoms in total. The Morgan fingerprint density at radius 3 is 2.14 bits per heavy atom. The van der Waals surface area contributed by atoms with Gasteiger partial charge in [-0.25, -0.2) is 9.18 Å². The Morgan fingerprint density at radius 2 is 1.63 bits per heavy atom. The van der Waals surface area contributed by atoms with Gasteiger partial charge in [-0.15, -0.1) is 0 Å². The van der Waals surface area contributed by atoms with E-state index < -0.39 is 11.0 Å². The fraction of sp³-hybridized carbons (Fsp3) is 0.481. The Kier molecular flexibility index (Phi) is 8.38. The van der Waals surface area contributed by atoms with Gasteiger partial charge in [0.25, 0.3) is 0 Å². The van der Waals surface area contributed by atoms with Crippen molar-refractivity contribution in [1.82, 2.24) is 9.80 Å². The number of ether oxygens (including phenoxy) is 1. The number of hydrogen-bond donors (Lipinski definition) is 0. The summed E-state index contributed by atoms with van der Waals surface area (Å²) in [5.41, 5.74) is 0.626. The molecule has 190 valence electrons. The number of piperidine rings is 1. The fourth-order valence-corrected chi connectivity index (χ4v) is 5.03. The van der Waals surface area contributed by atoms with E-state index in [2.05, 4.69) is 0 Å². The molecule has 1 heterocycles. The number of nitrogens with zero attached hydrogens (tertiary/aromatic N) is 2.